The van der Waals surface area contributed by atoms with E-state index >= 15 is 0 Å². The van der Waals surface area contributed by atoms with E-state index in [1.807, 2.05) is 6.92 Å². The molecule has 1 fully saturated rings. The molecule has 0 radical (unpaired) electrons. The number of H-pyrrole nitrogens is 1. The molecule has 4 rings (SSSR count). The van der Waals surface area contributed by atoms with E-state index in [0.717, 1.165) is 24.4 Å². The van der Waals surface area contributed by atoms with Crippen LogP contribution in [0.4, 0.5) is 10.2 Å². The summed E-state index contributed by atoms with van der Waals surface area (Å²) in [6.07, 6.45) is 6.59. The van der Waals surface area contributed by atoms with E-state index in [1.54, 1.807) is 16.6 Å². The highest BCUT2D eigenvalue weighted by atomic mass is 35.5. The number of nitrogens with one attached hydrogen (secondary N) is 2. The Balaban J connectivity index is 1.46. The molecule has 8 nitrogen and oxygen atoms in total. The van der Waals surface area contributed by atoms with Gasteiger partial charge in [0.25, 0.3) is 0 Å². The van der Waals surface area contributed by atoms with Crippen LogP contribution in [-0.2, 0) is 10.0 Å². The number of aromatic nitrogens is 4. The average Bonchev–Trinajstić information content (AvgIpc) is 3.39. The lowest BCUT2D eigenvalue weighted by atomic mass is 10.1. The van der Waals surface area contributed by atoms with E-state index in [4.69, 9.17) is 11.6 Å². The minimum absolute atomic E-state index is 0.0848. The second-order valence-corrected chi connectivity index (χ2v) is 10.2. The van der Waals surface area contributed by atoms with Crippen LogP contribution in [0.3, 0.4) is 0 Å². The molecule has 166 valence electrons. The third-order valence-corrected chi connectivity index (χ3v) is 7.57. The highest BCUT2D eigenvalue weighted by molar-refractivity contribution is 7.89. The maximum absolute atomic E-state index is 14.3. The van der Waals surface area contributed by atoms with Gasteiger partial charge in [0.1, 0.15) is 5.65 Å². The van der Waals surface area contributed by atoms with E-state index < -0.39 is 15.8 Å². The van der Waals surface area contributed by atoms with Gasteiger partial charge in [0.2, 0.25) is 10.0 Å². The van der Waals surface area contributed by atoms with Crippen molar-refractivity contribution in [2.75, 3.05) is 30.7 Å². The van der Waals surface area contributed by atoms with Gasteiger partial charge in [0.15, 0.2) is 17.5 Å². The molecule has 31 heavy (non-hydrogen) atoms. The van der Waals surface area contributed by atoms with Gasteiger partial charge in [0.05, 0.1) is 17.0 Å². The van der Waals surface area contributed by atoms with Crippen molar-refractivity contribution in [3.8, 4) is 11.4 Å². The summed E-state index contributed by atoms with van der Waals surface area (Å²) in [5.41, 5.74) is 1.30. The molecule has 1 unspecified atom stereocenters. The first-order valence-electron chi connectivity index (χ1n) is 10.2. The van der Waals surface area contributed by atoms with Crippen LogP contribution in [-0.4, -0.2) is 58.0 Å². The summed E-state index contributed by atoms with van der Waals surface area (Å²) in [5, 5.41) is 4.26. The second kappa shape index (κ2) is 9.05. The molecule has 0 aliphatic carbocycles. The molecule has 11 heteroatoms. The third kappa shape index (κ3) is 4.81. The number of nitrogens with zero attached hydrogens (tertiary/aromatic N) is 4. The number of pyridine rings is 1. The van der Waals surface area contributed by atoms with Crippen LogP contribution in [0.2, 0.25) is 5.02 Å². The van der Waals surface area contributed by atoms with Crippen LogP contribution in [0, 0.1) is 11.7 Å². The maximum atomic E-state index is 14.3. The van der Waals surface area contributed by atoms with Crippen molar-refractivity contribution in [1.29, 1.82) is 0 Å². The Bertz CT molecular complexity index is 1190. The zero-order valence-electron chi connectivity index (χ0n) is 17.1. The van der Waals surface area contributed by atoms with Gasteiger partial charge in [-0.05, 0) is 24.8 Å². The van der Waals surface area contributed by atoms with E-state index in [2.05, 4.69) is 25.3 Å². The molecule has 3 aromatic rings. The van der Waals surface area contributed by atoms with Crippen molar-refractivity contribution >= 4 is 38.5 Å². The molecule has 1 atom stereocenters. The summed E-state index contributed by atoms with van der Waals surface area (Å²) < 4.78 is 40.6. The Morgan fingerprint density at radius 1 is 1.35 bits per heavy atom. The predicted octanol–water partition coefficient (Wildman–Crippen LogP) is 3.68. The van der Waals surface area contributed by atoms with Crippen molar-refractivity contribution in [3.05, 3.63) is 35.5 Å². The van der Waals surface area contributed by atoms with Crippen molar-refractivity contribution in [3.63, 3.8) is 0 Å². The monoisotopic (exact) mass is 466 g/mol. The molecule has 4 heterocycles. The quantitative estimate of drug-likeness (QED) is 0.525. The first-order chi connectivity index (χ1) is 14.9. The Morgan fingerprint density at radius 3 is 3.00 bits per heavy atom. The van der Waals surface area contributed by atoms with Crippen molar-refractivity contribution in [1.82, 2.24) is 24.2 Å². The zero-order chi connectivity index (χ0) is 22.0. The molecule has 2 N–H and O–H groups in total. The number of halogens is 2. The molecule has 0 amide bonds. The van der Waals surface area contributed by atoms with Gasteiger partial charge in [0, 0.05) is 43.0 Å². The minimum atomic E-state index is -3.22. The Kier molecular flexibility index (Phi) is 6.40. The lowest BCUT2D eigenvalue weighted by Crippen LogP contribution is -2.31. The summed E-state index contributed by atoms with van der Waals surface area (Å²) in [4.78, 5) is 15.7. The van der Waals surface area contributed by atoms with Crippen LogP contribution in [0.25, 0.3) is 22.4 Å². The average molecular weight is 467 g/mol. The fraction of sp³-hybridized carbons (Fsp3) is 0.450. The molecular formula is C20H24ClFN6O2S. The van der Waals surface area contributed by atoms with Gasteiger partial charge in [-0.3, -0.25) is 0 Å². The van der Waals surface area contributed by atoms with E-state index in [-0.39, 0.29) is 17.5 Å². The lowest BCUT2D eigenvalue weighted by molar-refractivity contribution is 0.459. The van der Waals surface area contributed by atoms with Crippen molar-refractivity contribution in [2.24, 2.45) is 5.92 Å². The maximum Gasteiger partial charge on any atom is 0.214 e. The second-order valence-electron chi connectivity index (χ2n) is 7.71. The lowest BCUT2D eigenvalue weighted by Gasteiger charge is -2.17. The number of hydrogen-bond acceptors (Lipinski definition) is 6. The Hall–Kier alpha value is -2.30. The minimum Gasteiger partial charge on any atom is -0.367 e. The normalized spacial score (nSPS) is 17.5. The number of aromatic amines is 1. The van der Waals surface area contributed by atoms with Crippen LogP contribution in [0.1, 0.15) is 26.2 Å². The number of anilines is 1. The van der Waals surface area contributed by atoms with Gasteiger partial charge >= 0.3 is 0 Å². The fourth-order valence-electron chi connectivity index (χ4n) is 3.70. The number of rotatable bonds is 8. The molecule has 0 saturated carbocycles. The van der Waals surface area contributed by atoms with Crippen LogP contribution in [0.5, 0.6) is 0 Å². The molecule has 0 bridgehead atoms. The molecule has 0 aromatic carbocycles. The molecule has 1 aliphatic heterocycles. The van der Waals surface area contributed by atoms with Crippen molar-refractivity contribution < 1.29 is 12.8 Å². The van der Waals surface area contributed by atoms with Gasteiger partial charge < -0.3 is 10.3 Å². The summed E-state index contributed by atoms with van der Waals surface area (Å²) in [6, 6.07) is 1.75. The highest BCUT2D eigenvalue weighted by Crippen LogP contribution is 2.28. The van der Waals surface area contributed by atoms with Gasteiger partial charge in [-0.25, -0.2) is 32.1 Å². The molecule has 0 spiro atoms. The van der Waals surface area contributed by atoms with Crippen LogP contribution >= 0.6 is 11.6 Å². The Labute approximate surface area is 185 Å². The molecule has 3 aromatic heterocycles. The standard InChI is InChI=1S/C20H24ClFN6O2S/c1-2-3-6-31(29,30)28-5-4-13(12-28)8-23-20-17(22)11-26-19(27-20)16-10-25-18-15(16)7-14(21)9-24-18/h7,9-11,13H,2-6,8,12H2,1H3,(H,24,25)(H,23,26,27). The number of unbranched alkanes of at least 4 members (excludes halogenated alkanes) is 1. The first kappa shape index (κ1) is 21.9. The Morgan fingerprint density at radius 2 is 2.19 bits per heavy atom. The molecule has 1 saturated heterocycles. The predicted molar refractivity (Wildman–Crippen MR) is 119 cm³/mol. The SMILES string of the molecule is CCCCS(=O)(=O)N1CCC(CNc2nc(-c3c[nH]c4ncc(Cl)cc34)ncc2F)C1. The smallest absolute Gasteiger partial charge is 0.214 e. The first-order valence-corrected chi connectivity index (χ1v) is 12.2. The summed E-state index contributed by atoms with van der Waals surface area (Å²) in [6.45, 7) is 3.33. The summed E-state index contributed by atoms with van der Waals surface area (Å²) in [7, 11) is -3.22. The third-order valence-electron chi connectivity index (χ3n) is 5.44. The van der Waals surface area contributed by atoms with Gasteiger partial charge in [-0.15, -0.1) is 0 Å². The number of fused-ring (bicyclic) bond motifs is 1. The van der Waals surface area contributed by atoms with Crippen molar-refractivity contribution in [2.45, 2.75) is 26.2 Å². The molecule has 1 aliphatic rings. The van der Waals surface area contributed by atoms with E-state index in [0.29, 0.717) is 48.1 Å². The van der Waals surface area contributed by atoms with Gasteiger partial charge in [-0.1, -0.05) is 24.9 Å². The summed E-state index contributed by atoms with van der Waals surface area (Å²) >= 11 is 6.05. The zero-order valence-corrected chi connectivity index (χ0v) is 18.7. The van der Waals surface area contributed by atoms with Crippen LogP contribution in [0.15, 0.2) is 24.7 Å². The highest BCUT2D eigenvalue weighted by Gasteiger charge is 2.30. The van der Waals surface area contributed by atoms with Crippen LogP contribution < -0.4 is 5.32 Å². The fourth-order valence-corrected chi connectivity index (χ4v) is 5.59. The van der Waals surface area contributed by atoms with E-state index in [1.165, 1.54) is 6.20 Å². The van der Waals surface area contributed by atoms with Gasteiger partial charge in [-0.2, -0.15) is 0 Å². The number of hydrogen-bond donors (Lipinski definition) is 2. The van der Waals surface area contributed by atoms with E-state index in [9.17, 15) is 12.8 Å². The summed E-state index contributed by atoms with van der Waals surface area (Å²) in [5.74, 6) is 0.128. The number of sulfonamides is 1. The largest absolute Gasteiger partial charge is 0.367 e. The molecular weight excluding hydrogens is 443 g/mol. The topological polar surface area (TPSA) is 104 Å².